The summed E-state index contributed by atoms with van der Waals surface area (Å²) in [6, 6.07) is 6.29. The molecule has 2 rings (SSSR count). The average molecular weight is 420 g/mol. The zero-order chi connectivity index (χ0) is 21.4. The van der Waals surface area contributed by atoms with Crippen LogP contribution in [0.2, 0.25) is 0 Å². The van der Waals surface area contributed by atoms with Crippen molar-refractivity contribution in [2.45, 2.75) is 24.3 Å². The van der Waals surface area contributed by atoms with Gasteiger partial charge in [-0.1, -0.05) is 35.4 Å². The number of nitrogens with two attached hydrogens (primary N) is 2. The van der Waals surface area contributed by atoms with Crippen LogP contribution in [0.1, 0.15) is 29.6 Å². The average Bonchev–Trinajstić information content (AvgIpc) is 2.64. The summed E-state index contributed by atoms with van der Waals surface area (Å²) in [5.41, 5.74) is 12.1. The molecule has 1 aromatic rings. The number of benzene rings is 1. The van der Waals surface area contributed by atoms with Gasteiger partial charge in [-0.3, -0.25) is 14.4 Å². The van der Waals surface area contributed by atoms with Gasteiger partial charge in [-0.15, -0.1) is 0 Å². The van der Waals surface area contributed by atoms with Crippen LogP contribution in [0.15, 0.2) is 53.1 Å². The number of hydrogen-bond acceptors (Lipinski definition) is 4. The minimum atomic E-state index is -1.17. The predicted molar refractivity (Wildman–Crippen MR) is 110 cm³/mol. The van der Waals surface area contributed by atoms with Crippen molar-refractivity contribution >= 4 is 41.0 Å². The molecule has 0 fully saturated rings. The van der Waals surface area contributed by atoms with E-state index in [1.54, 1.807) is 36.4 Å². The summed E-state index contributed by atoms with van der Waals surface area (Å²) in [5, 5.41) is 13.9. The number of nitrogens with zero attached hydrogens (tertiary/aromatic N) is 1. The number of carboxylic acids is 1. The summed E-state index contributed by atoms with van der Waals surface area (Å²) >= 11 is 6.42. The van der Waals surface area contributed by atoms with Crippen molar-refractivity contribution in [2.24, 2.45) is 16.5 Å². The van der Waals surface area contributed by atoms with Crippen molar-refractivity contribution in [2.75, 3.05) is 6.54 Å². The van der Waals surface area contributed by atoms with Crippen LogP contribution in [-0.4, -0.2) is 40.4 Å². The van der Waals surface area contributed by atoms with Gasteiger partial charge in [0.2, 0.25) is 5.91 Å². The van der Waals surface area contributed by atoms with Gasteiger partial charge in [-0.05, 0) is 30.7 Å². The second kappa shape index (κ2) is 9.74. The van der Waals surface area contributed by atoms with Crippen LogP contribution >= 0.6 is 11.6 Å². The molecule has 1 aromatic carbocycles. The van der Waals surface area contributed by atoms with E-state index in [4.69, 9.17) is 28.2 Å². The van der Waals surface area contributed by atoms with E-state index in [0.717, 1.165) is 5.57 Å². The number of hydrogen-bond donors (Lipinski definition) is 5. The van der Waals surface area contributed by atoms with Crippen molar-refractivity contribution < 1.29 is 19.5 Å². The molecule has 0 saturated carbocycles. The molecular weight excluding hydrogens is 398 g/mol. The Balaban J connectivity index is 1.89. The van der Waals surface area contributed by atoms with E-state index in [9.17, 15) is 14.4 Å². The molecule has 0 aliphatic heterocycles. The van der Waals surface area contributed by atoms with Crippen LogP contribution in [0.5, 0.6) is 0 Å². The molecule has 7 N–H and O–H groups in total. The minimum absolute atomic E-state index is 0.0183. The summed E-state index contributed by atoms with van der Waals surface area (Å²) in [6.07, 6.45) is 5.65. The number of allylic oxidation sites excluding steroid dienone is 2. The van der Waals surface area contributed by atoms with E-state index in [0.29, 0.717) is 12.1 Å². The van der Waals surface area contributed by atoms with Gasteiger partial charge in [0.1, 0.15) is 5.00 Å². The highest BCUT2D eigenvalue weighted by molar-refractivity contribution is 6.26. The summed E-state index contributed by atoms with van der Waals surface area (Å²) < 4.78 is 0. The van der Waals surface area contributed by atoms with Gasteiger partial charge >= 0.3 is 5.97 Å². The number of halogens is 1. The number of rotatable bonds is 8. The number of carboxylic acid groups (broad SMARTS) is 1. The van der Waals surface area contributed by atoms with Crippen molar-refractivity contribution in [3.8, 4) is 0 Å². The second-order valence-corrected chi connectivity index (χ2v) is 7.11. The fourth-order valence-corrected chi connectivity index (χ4v) is 3.06. The number of carbonyl (C=O) groups is 3. The Kier molecular flexibility index (Phi) is 7.38. The zero-order valence-corrected chi connectivity index (χ0v) is 16.3. The van der Waals surface area contributed by atoms with E-state index in [2.05, 4.69) is 15.6 Å². The molecule has 0 bridgehead atoms. The zero-order valence-electron chi connectivity index (χ0n) is 15.5. The maximum absolute atomic E-state index is 12.2. The van der Waals surface area contributed by atoms with Crippen LogP contribution < -0.4 is 22.1 Å². The van der Waals surface area contributed by atoms with Crippen molar-refractivity contribution in [3.05, 3.63) is 53.6 Å². The summed E-state index contributed by atoms with van der Waals surface area (Å²) in [5.74, 6) is -2.00. The fraction of sp³-hybridized carbons (Fsp3) is 0.263. The molecule has 1 atom stereocenters. The van der Waals surface area contributed by atoms with E-state index in [1.807, 2.05) is 0 Å². The number of aliphatic imine (C=N–C) groups is 1. The van der Waals surface area contributed by atoms with E-state index < -0.39 is 22.8 Å². The monoisotopic (exact) mass is 419 g/mol. The largest absolute Gasteiger partial charge is 0.481 e. The molecule has 0 aromatic heterocycles. The topological polar surface area (TPSA) is 160 Å². The molecular formula is C19H22ClN5O4. The molecule has 9 nitrogen and oxygen atoms in total. The highest BCUT2D eigenvalue weighted by Gasteiger charge is 2.29. The number of amides is 2. The normalized spacial score (nSPS) is 17.8. The van der Waals surface area contributed by atoms with Gasteiger partial charge in [0.05, 0.1) is 12.2 Å². The Labute approximate surface area is 172 Å². The number of alkyl halides is 1. The molecule has 0 saturated heterocycles. The Bertz CT molecular complexity index is 892. The van der Waals surface area contributed by atoms with Gasteiger partial charge in [0.15, 0.2) is 5.96 Å². The molecule has 29 heavy (non-hydrogen) atoms. The fourth-order valence-electron chi connectivity index (χ4n) is 2.71. The molecule has 1 aliphatic rings. The van der Waals surface area contributed by atoms with Gasteiger partial charge < -0.3 is 27.2 Å². The van der Waals surface area contributed by atoms with Crippen LogP contribution in [-0.2, 0) is 9.59 Å². The number of guanidine groups is 1. The van der Waals surface area contributed by atoms with E-state index in [-0.39, 0.29) is 30.9 Å². The third-order valence-corrected chi connectivity index (χ3v) is 4.31. The van der Waals surface area contributed by atoms with Gasteiger partial charge in [0.25, 0.3) is 5.91 Å². The first-order valence-electron chi connectivity index (χ1n) is 8.74. The van der Waals surface area contributed by atoms with Crippen molar-refractivity contribution in [1.29, 1.82) is 0 Å². The Morgan fingerprint density at radius 2 is 2.03 bits per heavy atom. The highest BCUT2D eigenvalue weighted by Crippen LogP contribution is 2.29. The predicted octanol–water partition coefficient (Wildman–Crippen LogP) is 1.12. The smallest absolute Gasteiger partial charge is 0.303 e. The molecule has 1 aliphatic carbocycles. The first-order chi connectivity index (χ1) is 13.7. The third-order valence-electron chi connectivity index (χ3n) is 3.96. The number of aliphatic carboxylic acids is 1. The van der Waals surface area contributed by atoms with Gasteiger partial charge in [0, 0.05) is 18.4 Å². The maximum Gasteiger partial charge on any atom is 0.303 e. The SMILES string of the molecule is NC(N)=Nc1cccc(C(=O)NCC(=O)NC2(Cl)C=CC=C(CCC(=O)O)C2)c1. The lowest BCUT2D eigenvalue weighted by Gasteiger charge is -2.28. The number of carbonyl (C=O) groups excluding carboxylic acids is 2. The van der Waals surface area contributed by atoms with Crippen molar-refractivity contribution in [1.82, 2.24) is 10.6 Å². The minimum Gasteiger partial charge on any atom is -0.481 e. The quantitative estimate of drug-likeness (QED) is 0.184. The summed E-state index contributed by atoms with van der Waals surface area (Å²) in [6.45, 7) is -0.290. The summed E-state index contributed by atoms with van der Waals surface area (Å²) in [7, 11) is 0. The first-order valence-corrected chi connectivity index (χ1v) is 9.11. The molecule has 10 heteroatoms. The standard InChI is InChI=1S/C19H22ClN5O4/c20-19(8-2-3-12(10-19)6-7-16(27)28)25-15(26)11-23-17(29)13-4-1-5-14(9-13)24-18(21)22/h1-5,8-9H,6-7,10-11H2,(H,23,29)(H,25,26)(H,27,28)(H4,21,22,24). The number of nitrogens with one attached hydrogen (secondary N) is 2. The lowest BCUT2D eigenvalue weighted by Crippen LogP contribution is -2.47. The first kappa shape index (κ1) is 22.0. The molecule has 1 unspecified atom stereocenters. The molecule has 154 valence electrons. The van der Waals surface area contributed by atoms with Crippen molar-refractivity contribution in [3.63, 3.8) is 0 Å². The Hall–Kier alpha value is -3.33. The molecule has 0 heterocycles. The Morgan fingerprint density at radius 1 is 1.28 bits per heavy atom. The van der Waals surface area contributed by atoms with Gasteiger partial charge in [-0.25, -0.2) is 4.99 Å². The van der Waals surface area contributed by atoms with E-state index >= 15 is 0 Å². The third kappa shape index (κ3) is 7.30. The highest BCUT2D eigenvalue weighted by atomic mass is 35.5. The lowest BCUT2D eigenvalue weighted by molar-refractivity contribution is -0.137. The Morgan fingerprint density at radius 3 is 2.72 bits per heavy atom. The van der Waals surface area contributed by atoms with Crippen LogP contribution in [0.4, 0.5) is 5.69 Å². The van der Waals surface area contributed by atoms with E-state index in [1.165, 1.54) is 6.07 Å². The molecule has 0 radical (unpaired) electrons. The molecule has 0 spiro atoms. The van der Waals surface area contributed by atoms with Crippen LogP contribution in [0.25, 0.3) is 0 Å². The maximum atomic E-state index is 12.2. The lowest BCUT2D eigenvalue weighted by atomic mass is 9.96. The van der Waals surface area contributed by atoms with Crippen LogP contribution in [0, 0.1) is 0 Å². The molecule has 2 amide bonds. The van der Waals surface area contributed by atoms with Crippen LogP contribution in [0.3, 0.4) is 0 Å². The summed E-state index contributed by atoms with van der Waals surface area (Å²) in [4.78, 5) is 37.9. The van der Waals surface area contributed by atoms with Gasteiger partial charge in [-0.2, -0.15) is 0 Å². The second-order valence-electron chi connectivity index (χ2n) is 6.43.